The Morgan fingerprint density at radius 1 is 1.29 bits per heavy atom. The zero-order valence-corrected chi connectivity index (χ0v) is 12.5. The molecule has 2 aromatic carbocycles. The van der Waals surface area contributed by atoms with E-state index in [1.54, 1.807) is 25.1 Å². The van der Waals surface area contributed by atoms with Crippen LogP contribution in [0, 0.1) is 12.7 Å². The summed E-state index contributed by atoms with van der Waals surface area (Å²) in [5.74, 6) is -0.174. The summed E-state index contributed by atoms with van der Waals surface area (Å²) in [6, 6.07) is 9.01. The fourth-order valence-electron chi connectivity index (χ4n) is 1.95. The third-order valence-electron chi connectivity index (χ3n) is 2.92. The number of amides is 1. The Morgan fingerprint density at radius 3 is 2.71 bits per heavy atom. The van der Waals surface area contributed by atoms with Crippen LogP contribution in [0.25, 0.3) is 0 Å². The third kappa shape index (κ3) is 3.73. The summed E-state index contributed by atoms with van der Waals surface area (Å²) >= 11 is 5.94. The van der Waals surface area contributed by atoms with Crippen LogP contribution in [-0.4, -0.2) is 12.5 Å². The topological polar surface area (TPSA) is 38.3 Å². The second kappa shape index (κ2) is 6.59. The third-order valence-corrected chi connectivity index (χ3v) is 3.16. The van der Waals surface area contributed by atoms with Gasteiger partial charge in [0.1, 0.15) is 11.6 Å². The van der Waals surface area contributed by atoms with Crippen molar-refractivity contribution >= 4 is 23.2 Å². The van der Waals surface area contributed by atoms with E-state index >= 15 is 0 Å². The molecule has 0 fully saturated rings. The fraction of sp³-hybridized carbons (Fsp3) is 0.188. The standard InChI is InChI=1S/C16H15ClFNO2/c1-3-21-15-7-4-11(17)9-14(15)19-16(20)13-6-5-12(18)8-10(13)2/h4-9H,3H2,1-2H3,(H,19,20). The number of benzene rings is 2. The molecule has 0 atom stereocenters. The maximum Gasteiger partial charge on any atom is 0.256 e. The van der Waals surface area contributed by atoms with Gasteiger partial charge in [-0.2, -0.15) is 0 Å². The Bertz CT molecular complexity index is 673. The SMILES string of the molecule is CCOc1ccc(Cl)cc1NC(=O)c1ccc(F)cc1C. The molecule has 110 valence electrons. The van der Waals surface area contributed by atoms with Crippen LogP contribution in [0.15, 0.2) is 36.4 Å². The molecule has 21 heavy (non-hydrogen) atoms. The molecule has 0 unspecified atom stereocenters. The van der Waals surface area contributed by atoms with Gasteiger partial charge in [-0.3, -0.25) is 4.79 Å². The predicted octanol–water partition coefficient (Wildman–Crippen LogP) is 4.44. The Labute approximate surface area is 127 Å². The molecule has 0 aliphatic rings. The van der Waals surface area contributed by atoms with Crippen molar-refractivity contribution in [2.45, 2.75) is 13.8 Å². The molecule has 2 rings (SSSR count). The molecular formula is C16H15ClFNO2. The summed E-state index contributed by atoms with van der Waals surface area (Å²) in [5.41, 5.74) is 1.45. The molecule has 3 nitrogen and oxygen atoms in total. The largest absolute Gasteiger partial charge is 0.492 e. The molecule has 0 radical (unpaired) electrons. The Kier molecular flexibility index (Phi) is 4.81. The summed E-state index contributed by atoms with van der Waals surface area (Å²) in [6.45, 7) is 4.00. The van der Waals surface area contributed by atoms with E-state index in [0.29, 0.717) is 34.2 Å². The smallest absolute Gasteiger partial charge is 0.256 e. The van der Waals surface area contributed by atoms with Crippen LogP contribution < -0.4 is 10.1 Å². The molecule has 0 bridgehead atoms. The second-order valence-corrected chi connectivity index (χ2v) is 4.92. The zero-order valence-electron chi connectivity index (χ0n) is 11.7. The highest BCUT2D eigenvalue weighted by molar-refractivity contribution is 6.31. The maximum atomic E-state index is 13.1. The van der Waals surface area contributed by atoms with E-state index in [2.05, 4.69) is 5.32 Å². The van der Waals surface area contributed by atoms with Gasteiger partial charge in [0.15, 0.2) is 0 Å². The minimum atomic E-state index is -0.373. The number of ether oxygens (including phenoxy) is 1. The van der Waals surface area contributed by atoms with Gasteiger partial charge in [-0.25, -0.2) is 4.39 Å². The van der Waals surface area contributed by atoms with E-state index in [4.69, 9.17) is 16.3 Å². The molecular weight excluding hydrogens is 293 g/mol. The van der Waals surface area contributed by atoms with Crippen molar-refractivity contribution in [2.75, 3.05) is 11.9 Å². The fourth-order valence-corrected chi connectivity index (χ4v) is 2.12. The van der Waals surface area contributed by atoms with Crippen molar-refractivity contribution in [1.29, 1.82) is 0 Å². The van der Waals surface area contributed by atoms with Crippen molar-refractivity contribution in [1.82, 2.24) is 0 Å². The van der Waals surface area contributed by atoms with Crippen LogP contribution >= 0.6 is 11.6 Å². The molecule has 0 aromatic heterocycles. The summed E-state index contributed by atoms with van der Waals surface area (Å²) in [6.07, 6.45) is 0. The first-order valence-corrected chi connectivity index (χ1v) is 6.89. The van der Waals surface area contributed by atoms with Crippen LogP contribution in [0.2, 0.25) is 5.02 Å². The zero-order chi connectivity index (χ0) is 15.4. The second-order valence-electron chi connectivity index (χ2n) is 4.49. The van der Waals surface area contributed by atoms with Crippen molar-refractivity contribution in [2.24, 2.45) is 0 Å². The highest BCUT2D eigenvalue weighted by Gasteiger charge is 2.13. The van der Waals surface area contributed by atoms with Crippen LogP contribution in [0.1, 0.15) is 22.8 Å². The van der Waals surface area contributed by atoms with E-state index in [9.17, 15) is 9.18 Å². The van der Waals surface area contributed by atoms with Gasteiger partial charge in [-0.1, -0.05) is 11.6 Å². The van der Waals surface area contributed by atoms with Crippen molar-refractivity contribution in [3.8, 4) is 5.75 Å². The number of rotatable bonds is 4. The minimum absolute atomic E-state index is 0.337. The van der Waals surface area contributed by atoms with Crippen molar-refractivity contribution in [3.63, 3.8) is 0 Å². The number of carbonyl (C=O) groups excluding carboxylic acids is 1. The summed E-state index contributed by atoms with van der Waals surface area (Å²) in [4.78, 5) is 12.3. The summed E-state index contributed by atoms with van der Waals surface area (Å²) < 4.78 is 18.5. The molecule has 0 aliphatic heterocycles. The molecule has 0 saturated carbocycles. The minimum Gasteiger partial charge on any atom is -0.492 e. The number of hydrogen-bond donors (Lipinski definition) is 1. The lowest BCUT2D eigenvalue weighted by Gasteiger charge is -2.13. The van der Waals surface area contributed by atoms with Gasteiger partial charge < -0.3 is 10.1 Å². The first kappa shape index (κ1) is 15.3. The molecule has 0 heterocycles. The Balaban J connectivity index is 2.28. The predicted molar refractivity (Wildman–Crippen MR) is 81.7 cm³/mol. The first-order valence-electron chi connectivity index (χ1n) is 6.51. The molecule has 0 spiro atoms. The van der Waals surface area contributed by atoms with Gasteiger partial charge >= 0.3 is 0 Å². The lowest BCUT2D eigenvalue weighted by molar-refractivity contribution is 0.102. The number of anilines is 1. The van der Waals surface area contributed by atoms with Crippen LogP contribution in [0.3, 0.4) is 0 Å². The molecule has 2 aromatic rings. The summed E-state index contributed by atoms with van der Waals surface area (Å²) in [5, 5.41) is 3.23. The average Bonchev–Trinajstić information content (AvgIpc) is 2.41. The molecule has 1 N–H and O–H groups in total. The van der Waals surface area contributed by atoms with Crippen LogP contribution in [0.4, 0.5) is 10.1 Å². The van der Waals surface area contributed by atoms with E-state index in [-0.39, 0.29) is 11.7 Å². The number of nitrogens with one attached hydrogen (secondary N) is 1. The highest BCUT2D eigenvalue weighted by Crippen LogP contribution is 2.28. The number of carbonyl (C=O) groups is 1. The first-order chi connectivity index (χ1) is 10.0. The average molecular weight is 308 g/mol. The quantitative estimate of drug-likeness (QED) is 0.907. The highest BCUT2D eigenvalue weighted by atomic mass is 35.5. The van der Waals surface area contributed by atoms with E-state index in [0.717, 1.165) is 0 Å². The number of halogens is 2. The van der Waals surface area contributed by atoms with Crippen LogP contribution in [-0.2, 0) is 0 Å². The van der Waals surface area contributed by atoms with Gasteiger partial charge in [0, 0.05) is 10.6 Å². The van der Waals surface area contributed by atoms with Gasteiger partial charge in [0.25, 0.3) is 5.91 Å². The lowest BCUT2D eigenvalue weighted by Crippen LogP contribution is -2.14. The Hall–Kier alpha value is -2.07. The molecule has 0 aliphatic carbocycles. The molecule has 0 saturated heterocycles. The molecule has 1 amide bonds. The van der Waals surface area contributed by atoms with E-state index in [1.165, 1.54) is 18.2 Å². The summed E-state index contributed by atoms with van der Waals surface area (Å²) in [7, 11) is 0. The van der Waals surface area contributed by atoms with Gasteiger partial charge in [-0.15, -0.1) is 0 Å². The van der Waals surface area contributed by atoms with E-state index in [1.807, 2.05) is 6.92 Å². The number of hydrogen-bond acceptors (Lipinski definition) is 2. The van der Waals surface area contributed by atoms with Gasteiger partial charge in [0.2, 0.25) is 0 Å². The lowest BCUT2D eigenvalue weighted by atomic mass is 10.1. The van der Waals surface area contributed by atoms with Gasteiger partial charge in [-0.05, 0) is 55.8 Å². The van der Waals surface area contributed by atoms with Crippen molar-refractivity contribution in [3.05, 3.63) is 58.4 Å². The number of aryl methyl sites for hydroxylation is 1. The van der Waals surface area contributed by atoms with E-state index < -0.39 is 0 Å². The normalized spacial score (nSPS) is 10.3. The Morgan fingerprint density at radius 2 is 2.05 bits per heavy atom. The maximum absolute atomic E-state index is 13.1. The van der Waals surface area contributed by atoms with Gasteiger partial charge in [0.05, 0.1) is 12.3 Å². The van der Waals surface area contributed by atoms with Crippen LogP contribution in [0.5, 0.6) is 5.75 Å². The molecule has 5 heteroatoms. The van der Waals surface area contributed by atoms with Crippen molar-refractivity contribution < 1.29 is 13.9 Å². The monoisotopic (exact) mass is 307 g/mol.